The van der Waals surface area contributed by atoms with Crippen LogP contribution in [-0.2, 0) is 14.8 Å². The number of aryl methyl sites for hydroxylation is 1. The highest BCUT2D eigenvalue weighted by Crippen LogP contribution is 2.55. The van der Waals surface area contributed by atoms with Gasteiger partial charge in [-0.1, -0.05) is 0 Å². The Morgan fingerprint density at radius 2 is 1.88 bits per heavy atom. The molecule has 186 valence electrons. The molecule has 5 aliphatic rings. The van der Waals surface area contributed by atoms with Crippen LogP contribution in [0.25, 0.3) is 0 Å². The number of rotatable bonds is 5. The molecule has 6 rings (SSSR count). The van der Waals surface area contributed by atoms with Gasteiger partial charge in [0, 0.05) is 24.7 Å². The summed E-state index contributed by atoms with van der Waals surface area (Å²) in [5.41, 5.74) is -1.72. The van der Waals surface area contributed by atoms with Crippen LogP contribution in [0, 0.1) is 34.8 Å². The number of carbonyl (C=O) groups excluding carboxylic acids is 1. The van der Waals surface area contributed by atoms with E-state index in [4.69, 9.17) is 0 Å². The van der Waals surface area contributed by atoms with Crippen molar-refractivity contribution in [2.24, 2.45) is 17.8 Å². The fourth-order valence-corrected chi connectivity index (χ4v) is 9.40. The second-order valence-corrected chi connectivity index (χ2v) is 13.0. The highest BCUT2D eigenvalue weighted by Gasteiger charge is 2.56. The molecule has 1 heterocycles. The topological polar surface area (TPSA) is 130 Å². The molecule has 0 radical (unpaired) electrons. The fraction of sp³-hybridized carbons (Fsp3) is 0.708. The molecule has 10 heteroatoms. The highest BCUT2D eigenvalue weighted by atomic mass is 32.2. The van der Waals surface area contributed by atoms with E-state index in [1.807, 2.05) is 0 Å². The van der Waals surface area contributed by atoms with Crippen molar-refractivity contribution in [1.82, 2.24) is 9.62 Å². The smallest absolute Gasteiger partial charge is 0.269 e. The first-order valence-corrected chi connectivity index (χ1v) is 13.7. The minimum absolute atomic E-state index is 0.00382. The molecule has 2 N–H and O–H groups in total. The van der Waals surface area contributed by atoms with Gasteiger partial charge in [0.15, 0.2) is 0 Å². The average Bonchev–Trinajstić information content (AvgIpc) is 2.74. The van der Waals surface area contributed by atoms with E-state index in [9.17, 15) is 28.4 Å². The number of sulfonamides is 1. The third-order valence-corrected chi connectivity index (χ3v) is 11.0. The molecule has 1 aliphatic heterocycles. The molecule has 1 aromatic carbocycles. The number of aliphatic hydroxyl groups is 1. The molecule has 0 aromatic heterocycles. The maximum Gasteiger partial charge on any atom is 0.269 e. The number of carbonyl (C=O) groups is 1. The number of hydrogen-bond acceptors (Lipinski definition) is 6. The first kappa shape index (κ1) is 23.7. The molecule has 9 nitrogen and oxygen atoms in total. The molecule has 1 aromatic rings. The second kappa shape index (κ2) is 7.99. The number of nitro benzene ring substituents is 1. The third kappa shape index (κ3) is 3.74. The summed E-state index contributed by atoms with van der Waals surface area (Å²) in [6, 6.07) is 3.69. The van der Waals surface area contributed by atoms with Gasteiger partial charge >= 0.3 is 0 Å². The number of amides is 1. The predicted molar refractivity (Wildman–Crippen MR) is 124 cm³/mol. The molecule has 3 atom stereocenters. The van der Waals surface area contributed by atoms with Gasteiger partial charge in [-0.05, 0) is 94.6 Å². The number of piperidine rings is 1. The van der Waals surface area contributed by atoms with Crippen LogP contribution < -0.4 is 5.32 Å². The Morgan fingerprint density at radius 1 is 1.21 bits per heavy atom. The van der Waals surface area contributed by atoms with E-state index >= 15 is 0 Å². The molecule has 5 fully saturated rings. The number of benzene rings is 1. The van der Waals surface area contributed by atoms with E-state index in [1.165, 1.54) is 22.5 Å². The molecule has 4 saturated carbocycles. The van der Waals surface area contributed by atoms with E-state index in [1.54, 1.807) is 13.8 Å². The third-order valence-electron chi connectivity index (χ3n) is 8.79. The molecule has 0 spiro atoms. The van der Waals surface area contributed by atoms with E-state index < -0.39 is 26.1 Å². The number of nitro groups is 1. The van der Waals surface area contributed by atoms with Gasteiger partial charge < -0.3 is 10.4 Å². The first-order valence-electron chi connectivity index (χ1n) is 12.2. The fourth-order valence-electron chi connectivity index (χ4n) is 7.39. The molecular formula is C24H33N3O6S. The second-order valence-electron chi connectivity index (χ2n) is 11.2. The lowest BCUT2D eigenvalue weighted by Gasteiger charge is -2.58. The Labute approximate surface area is 200 Å². The lowest BCUT2D eigenvalue weighted by atomic mass is 9.52. The molecular weight excluding hydrogens is 458 g/mol. The molecule has 4 bridgehead atoms. The quantitative estimate of drug-likeness (QED) is 0.481. The van der Waals surface area contributed by atoms with Crippen molar-refractivity contribution in [2.75, 3.05) is 6.54 Å². The van der Waals surface area contributed by atoms with E-state index in [2.05, 4.69) is 5.32 Å². The SMILES string of the molecule is Cc1cc([N+](=O)[O-])ccc1S(=O)(=O)N1CCCC[C@]1(C)C(=O)NC1C2CC3CC1CC(O)(C3)C2. The standard InChI is InChI=1S/C24H33N3O6S/c1-15-9-19(27(30)31)5-6-20(15)34(32,33)26-8-4-3-7-23(26,2)22(28)25-21-17-10-16-11-18(21)14-24(29,12-16)13-17/h5-6,9,16-18,21,29H,3-4,7-8,10-14H2,1-2H3,(H,25,28)/t16?,17?,18?,21?,23-,24?/m1/s1. The van der Waals surface area contributed by atoms with Gasteiger partial charge in [-0.25, -0.2) is 8.42 Å². The average molecular weight is 492 g/mol. The normalized spacial score (nSPS) is 37.5. The Balaban J connectivity index is 1.41. The van der Waals surface area contributed by atoms with Crippen LogP contribution in [0.2, 0.25) is 0 Å². The Hall–Kier alpha value is -2.04. The van der Waals surface area contributed by atoms with Crippen molar-refractivity contribution in [2.45, 2.75) is 87.3 Å². The maximum atomic E-state index is 13.7. The summed E-state index contributed by atoms with van der Waals surface area (Å²) in [5, 5.41) is 25.2. The van der Waals surface area contributed by atoms with Crippen molar-refractivity contribution in [1.29, 1.82) is 0 Å². The molecule has 1 saturated heterocycles. The van der Waals surface area contributed by atoms with E-state index in [0.29, 0.717) is 31.6 Å². The minimum atomic E-state index is -4.05. The van der Waals surface area contributed by atoms with Crippen molar-refractivity contribution < 1.29 is 23.2 Å². The zero-order valence-electron chi connectivity index (χ0n) is 19.7. The molecule has 4 aliphatic carbocycles. The first-order chi connectivity index (χ1) is 15.9. The van der Waals surface area contributed by atoms with Crippen LogP contribution >= 0.6 is 0 Å². The molecule has 34 heavy (non-hydrogen) atoms. The summed E-state index contributed by atoms with van der Waals surface area (Å²) in [6.45, 7) is 3.46. The van der Waals surface area contributed by atoms with Crippen LogP contribution in [0.5, 0.6) is 0 Å². The van der Waals surface area contributed by atoms with Gasteiger partial charge in [0.05, 0.1) is 15.4 Å². The molecule has 2 unspecified atom stereocenters. The summed E-state index contributed by atoms with van der Waals surface area (Å²) in [4.78, 5) is 24.3. The largest absolute Gasteiger partial charge is 0.390 e. The zero-order valence-corrected chi connectivity index (χ0v) is 20.5. The summed E-state index contributed by atoms with van der Waals surface area (Å²) < 4.78 is 28.8. The van der Waals surface area contributed by atoms with Crippen LogP contribution in [-0.4, -0.2) is 52.4 Å². The van der Waals surface area contributed by atoms with Gasteiger partial charge in [-0.2, -0.15) is 4.31 Å². The number of non-ortho nitro benzene ring substituents is 1. The number of nitrogens with zero attached hydrogens (tertiary/aromatic N) is 2. The Morgan fingerprint density at radius 3 is 2.47 bits per heavy atom. The van der Waals surface area contributed by atoms with Gasteiger partial charge in [0.2, 0.25) is 15.9 Å². The van der Waals surface area contributed by atoms with Crippen LogP contribution in [0.1, 0.15) is 63.9 Å². The monoisotopic (exact) mass is 491 g/mol. The van der Waals surface area contributed by atoms with E-state index in [-0.39, 0.29) is 46.5 Å². The predicted octanol–water partition coefficient (Wildman–Crippen LogP) is 2.89. The highest BCUT2D eigenvalue weighted by molar-refractivity contribution is 7.89. The summed E-state index contributed by atoms with van der Waals surface area (Å²) in [6.07, 6.45) is 6.08. The maximum absolute atomic E-state index is 13.7. The van der Waals surface area contributed by atoms with Crippen LogP contribution in [0.4, 0.5) is 5.69 Å². The van der Waals surface area contributed by atoms with Gasteiger partial charge in [-0.15, -0.1) is 0 Å². The van der Waals surface area contributed by atoms with Crippen molar-refractivity contribution in [3.8, 4) is 0 Å². The van der Waals surface area contributed by atoms with Gasteiger partial charge in [0.1, 0.15) is 5.54 Å². The van der Waals surface area contributed by atoms with Crippen LogP contribution in [0.3, 0.4) is 0 Å². The number of nitrogens with one attached hydrogen (secondary N) is 1. The lowest BCUT2D eigenvalue weighted by Crippen LogP contribution is -2.66. The van der Waals surface area contributed by atoms with Gasteiger partial charge in [-0.3, -0.25) is 14.9 Å². The lowest BCUT2D eigenvalue weighted by molar-refractivity contribution is -0.385. The van der Waals surface area contributed by atoms with E-state index in [0.717, 1.165) is 25.7 Å². The number of hydrogen-bond donors (Lipinski definition) is 2. The van der Waals surface area contributed by atoms with Crippen molar-refractivity contribution >= 4 is 21.6 Å². The zero-order chi connectivity index (χ0) is 24.5. The van der Waals surface area contributed by atoms with Crippen molar-refractivity contribution in [3.05, 3.63) is 33.9 Å². The Kier molecular flexibility index (Phi) is 5.57. The van der Waals surface area contributed by atoms with Crippen LogP contribution in [0.15, 0.2) is 23.1 Å². The van der Waals surface area contributed by atoms with Gasteiger partial charge in [0.25, 0.3) is 5.69 Å². The molecule has 1 amide bonds. The Bertz CT molecular complexity index is 1120. The summed E-state index contributed by atoms with van der Waals surface area (Å²) >= 11 is 0. The van der Waals surface area contributed by atoms with Crippen molar-refractivity contribution in [3.63, 3.8) is 0 Å². The summed E-state index contributed by atoms with van der Waals surface area (Å²) in [5.74, 6) is 0.700. The minimum Gasteiger partial charge on any atom is -0.390 e. The summed E-state index contributed by atoms with van der Waals surface area (Å²) in [7, 11) is -4.05.